The molecule has 2 amide bonds. The molecule has 0 aliphatic heterocycles. The summed E-state index contributed by atoms with van der Waals surface area (Å²) in [5.74, 6) is -0.391. The van der Waals surface area contributed by atoms with Crippen molar-refractivity contribution in [1.82, 2.24) is 0 Å². The Bertz CT molecular complexity index is 851. The number of hydrogen-bond acceptors (Lipinski definition) is 1. The lowest BCUT2D eigenvalue weighted by Gasteiger charge is -2.11. The Morgan fingerprint density at radius 3 is 2.45 bits per heavy atom. The number of halogens is 2. The lowest BCUT2D eigenvalue weighted by molar-refractivity contribution is 0.262. The smallest absolute Gasteiger partial charge is 0.308 e. The van der Waals surface area contributed by atoms with Crippen LogP contribution >= 0.6 is 22.6 Å². The largest absolute Gasteiger partial charge is 0.323 e. The van der Waals surface area contributed by atoms with Gasteiger partial charge in [-0.15, -0.1) is 0 Å². The highest BCUT2D eigenvalue weighted by atomic mass is 127. The Labute approximate surface area is 140 Å². The fourth-order valence-corrected chi connectivity index (χ4v) is 2.91. The maximum atomic E-state index is 13.1. The molecule has 0 fully saturated rings. The first kappa shape index (κ1) is 14.8. The number of nitrogens with one attached hydrogen (secondary N) is 2. The van der Waals surface area contributed by atoms with Crippen LogP contribution in [0.1, 0.15) is 0 Å². The summed E-state index contributed by atoms with van der Waals surface area (Å²) < 4.78 is 14.2. The van der Waals surface area contributed by atoms with E-state index in [4.69, 9.17) is 0 Å². The third kappa shape index (κ3) is 3.19. The molecule has 3 rings (SSSR count). The van der Waals surface area contributed by atoms with Gasteiger partial charge in [-0.2, -0.15) is 0 Å². The second-order valence-corrected chi connectivity index (χ2v) is 5.89. The Morgan fingerprint density at radius 2 is 1.64 bits per heavy atom. The molecule has 22 heavy (non-hydrogen) atoms. The second-order valence-electron chi connectivity index (χ2n) is 4.73. The van der Waals surface area contributed by atoms with Gasteiger partial charge in [0.05, 0.1) is 5.69 Å². The lowest BCUT2D eigenvalue weighted by Crippen LogP contribution is -2.19. The molecule has 0 radical (unpaired) electrons. The predicted molar refractivity (Wildman–Crippen MR) is 95.7 cm³/mol. The van der Waals surface area contributed by atoms with Gasteiger partial charge in [0.1, 0.15) is 5.82 Å². The standard InChI is InChI=1S/C17H12FIN2O/c18-11-4-1-5-12(10-11)20-17(22)21-16-9-3-6-13-14(16)7-2-8-15(13)19/h1-10H,(H2,20,21,22). The number of benzene rings is 3. The van der Waals surface area contributed by atoms with Crippen molar-refractivity contribution in [3.05, 3.63) is 70.1 Å². The molecule has 3 nitrogen and oxygen atoms in total. The van der Waals surface area contributed by atoms with Gasteiger partial charge in [0, 0.05) is 14.6 Å². The van der Waals surface area contributed by atoms with Crippen molar-refractivity contribution in [2.45, 2.75) is 0 Å². The Morgan fingerprint density at radius 1 is 0.909 bits per heavy atom. The van der Waals surface area contributed by atoms with Crippen molar-refractivity contribution in [1.29, 1.82) is 0 Å². The predicted octanol–water partition coefficient (Wildman–Crippen LogP) is 5.23. The van der Waals surface area contributed by atoms with E-state index in [9.17, 15) is 9.18 Å². The van der Waals surface area contributed by atoms with E-state index in [1.54, 1.807) is 12.1 Å². The minimum absolute atomic E-state index is 0.391. The van der Waals surface area contributed by atoms with Gasteiger partial charge < -0.3 is 10.6 Å². The van der Waals surface area contributed by atoms with Crippen LogP contribution in [0.4, 0.5) is 20.6 Å². The van der Waals surface area contributed by atoms with Gasteiger partial charge >= 0.3 is 6.03 Å². The third-order valence-electron chi connectivity index (χ3n) is 3.20. The summed E-state index contributed by atoms with van der Waals surface area (Å²) in [7, 11) is 0. The fourth-order valence-electron chi connectivity index (χ4n) is 2.23. The van der Waals surface area contributed by atoms with Gasteiger partial charge in [-0.3, -0.25) is 0 Å². The van der Waals surface area contributed by atoms with Crippen LogP contribution in [0.25, 0.3) is 10.8 Å². The van der Waals surface area contributed by atoms with Crippen LogP contribution in [-0.2, 0) is 0 Å². The topological polar surface area (TPSA) is 41.1 Å². The zero-order valence-corrected chi connectivity index (χ0v) is 13.6. The van der Waals surface area contributed by atoms with E-state index in [0.29, 0.717) is 11.4 Å². The van der Waals surface area contributed by atoms with E-state index in [-0.39, 0.29) is 0 Å². The molecule has 0 aliphatic rings. The first-order valence-electron chi connectivity index (χ1n) is 6.64. The molecule has 0 aromatic heterocycles. The van der Waals surface area contributed by atoms with Gasteiger partial charge in [-0.05, 0) is 58.3 Å². The van der Waals surface area contributed by atoms with Crippen LogP contribution in [0.5, 0.6) is 0 Å². The maximum absolute atomic E-state index is 13.1. The van der Waals surface area contributed by atoms with E-state index in [1.807, 2.05) is 36.4 Å². The Kier molecular flexibility index (Phi) is 4.24. The minimum atomic E-state index is -0.406. The van der Waals surface area contributed by atoms with Crippen LogP contribution in [-0.4, -0.2) is 6.03 Å². The number of hydrogen-bond donors (Lipinski definition) is 2. The Hall–Kier alpha value is -2.15. The van der Waals surface area contributed by atoms with Gasteiger partial charge in [0.15, 0.2) is 0 Å². The minimum Gasteiger partial charge on any atom is -0.308 e. The number of anilines is 2. The van der Waals surface area contributed by atoms with Gasteiger partial charge in [0.2, 0.25) is 0 Å². The molecule has 0 saturated heterocycles. The summed E-state index contributed by atoms with van der Waals surface area (Å²) in [6.45, 7) is 0. The van der Waals surface area contributed by atoms with E-state index in [0.717, 1.165) is 14.3 Å². The first-order valence-corrected chi connectivity index (χ1v) is 7.72. The molecule has 0 spiro atoms. The number of rotatable bonds is 2. The van der Waals surface area contributed by atoms with Crippen LogP contribution in [0.3, 0.4) is 0 Å². The molecule has 0 heterocycles. The van der Waals surface area contributed by atoms with E-state index >= 15 is 0 Å². The molecule has 2 N–H and O–H groups in total. The molecule has 5 heteroatoms. The highest BCUT2D eigenvalue weighted by Crippen LogP contribution is 2.27. The van der Waals surface area contributed by atoms with Crippen molar-refractivity contribution in [3.63, 3.8) is 0 Å². The lowest BCUT2D eigenvalue weighted by atomic mass is 10.1. The van der Waals surface area contributed by atoms with Crippen LogP contribution in [0.15, 0.2) is 60.7 Å². The van der Waals surface area contributed by atoms with E-state index in [2.05, 4.69) is 33.2 Å². The molecule has 0 aliphatic carbocycles. The normalized spacial score (nSPS) is 10.5. The Balaban J connectivity index is 1.84. The average Bonchev–Trinajstić information content (AvgIpc) is 2.48. The van der Waals surface area contributed by atoms with Crippen molar-refractivity contribution >= 4 is 50.8 Å². The van der Waals surface area contributed by atoms with E-state index < -0.39 is 11.8 Å². The molecule has 110 valence electrons. The zero-order chi connectivity index (χ0) is 15.5. The van der Waals surface area contributed by atoms with Crippen molar-refractivity contribution < 1.29 is 9.18 Å². The van der Waals surface area contributed by atoms with Crippen molar-refractivity contribution in [2.75, 3.05) is 10.6 Å². The molecular weight excluding hydrogens is 394 g/mol. The highest BCUT2D eigenvalue weighted by molar-refractivity contribution is 14.1. The summed E-state index contributed by atoms with van der Waals surface area (Å²) in [5.41, 5.74) is 1.12. The maximum Gasteiger partial charge on any atom is 0.323 e. The number of carbonyl (C=O) groups excluding carboxylic acids is 1. The van der Waals surface area contributed by atoms with Gasteiger partial charge in [0.25, 0.3) is 0 Å². The molecule has 0 saturated carbocycles. The first-order chi connectivity index (χ1) is 10.6. The number of fused-ring (bicyclic) bond motifs is 1. The number of amides is 2. The number of carbonyl (C=O) groups is 1. The molecule has 0 unspecified atom stereocenters. The average molecular weight is 406 g/mol. The third-order valence-corrected chi connectivity index (χ3v) is 4.14. The summed E-state index contributed by atoms with van der Waals surface area (Å²) in [4.78, 5) is 12.1. The monoisotopic (exact) mass is 406 g/mol. The molecule has 0 bridgehead atoms. The highest BCUT2D eigenvalue weighted by Gasteiger charge is 2.07. The van der Waals surface area contributed by atoms with Crippen LogP contribution < -0.4 is 10.6 Å². The van der Waals surface area contributed by atoms with Crippen molar-refractivity contribution in [3.8, 4) is 0 Å². The quantitative estimate of drug-likeness (QED) is 0.563. The number of urea groups is 1. The molecule has 3 aromatic carbocycles. The van der Waals surface area contributed by atoms with Crippen LogP contribution in [0, 0.1) is 9.39 Å². The summed E-state index contributed by atoms with van der Waals surface area (Å²) >= 11 is 2.26. The van der Waals surface area contributed by atoms with E-state index in [1.165, 1.54) is 12.1 Å². The summed E-state index contributed by atoms with van der Waals surface area (Å²) in [6, 6.07) is 17.0. The molecule has 0 atom stereocenters. The van der Waals surface area contributed by atoms with Crippen LogP contribution in [0.2, 0.25) is 0 Å². The summed E-state index contributed by atoms with van der Waals surface area (Å²) in [5, 5.41) is 7.46. The zero-order valence-electron chi connectivity index (χ0n) is 11.4. The molecule has 3 aromatic rings. The SMILES string of the molecule is O=C(Nc1cccc(F)c1)Nc1cccc2c(I)cccc12. The van der Waals surface area contributed by atoms with Crippen molar-refractivity contribution in [2.24, 2.45) is 0 Å². The van der Waals surface area contributed by atoms with Gasteiger partial charge in [-0.1, -0.05) is 30.3 Å². The van der Waals surface area contributed by atoms with Gasteiger partial charge in [-0.25, -0.2) is 9.18 Å². The second kappa shape index (κ2) is 6.31. The molecular formula is C17H12FIN2O. The summed E-state index contributed by atoms with van der Waals surface area (Å²) in [6.07, 6.45) is 0. The fraction of sp³-hybridized carbons (Fsp3) is 0.